The molecule has 2 aromatic rings. The number of carbonyl (C=O) groups excluding carboxylic acids is 2. The van der Waals surface area contributed by atoms with Crippen molar-refractivity contribution in [3.63, 3.8) is 0 Å². The first-order valence-electron chi connectivity index (χ1n) is 10.6. The van der Waals surface area contributed by atoms with E-state index in [2.05, 4.69) is 24.2 Å². The highest BCUT2D eigenvalue weighted by Crippen LogP contribution is 2.46. The van der Waals surface area contributed by atoms with Crippen LogP contribution in [0.1, 0.15) is 33.4 Å². The molecule has 1 aromatic carbocycles. The van der Waals surface area contributed by atoms with Crippen LogP contribution in [-0.2, 0) is 9.59 Å². The van der Waals surface area contributed by atoms with Crippen molar-refractivity contribution in [2.24, 2.45) is 11.8 Å². The number of likely N-dealkylation sites (N-methyl/N-ethyl adjacent to an activating group) is 1. The molecule has 0 saturated carbocycles. The first-order valence-corrected chi connectivity index (χ1v) is 10.6. The molecule has 1 aromatic heterocycles. The second-order valence-electron chi connectivity index (χ2n) is 8.66. The average molecular weight is 443 g/mol. The fraction of sp³-hybridized carbons (Fsp3) is 0.478. The second kappa shape index (κ2) is 9.95. The lowest BCUT2D eigenvalue weighted by molar-refractivity contribution is -0.133. The van der Waals surface area contributed by atoms with E-state index in [-0.39, 0.29) is 41.9 Å². The average Bonchev–Trinajstić information content (AvgIpc) is 3.42. The molecule has 3 heterocycles. The van der Waals surface area contributed by atoms with E-state index in [0.717, 1.165) is 0 Å². The molecule has 4 rings (SSSR count). The first-order chi connectivity index (χ1) is 15.3. The van der Waals surface area contributed by atoms with E-state index < -0.39 is 0 Å². The van der Waals surface area contributed by atoms with Gasteiger partial charge in [0.05, 0.1) is 18.3 Å². The lowest BCUT2D eigenvalue weighted by atomic mass is 9.87. The summed E-state index contributed by atoms with van der Waals surface area (Å²) in [4.78, 5) is 40.0. The summed E-state index contributed by atoms with van der Waals surface area (Å²) in [5.74, 6) is 0.792. The fourth-order valence-electron chi connectivity index (χ4n) is 4.77. The Labute approximate surface area is 187 Å². The van der Waals surface area contributed by atoms with Gasteiger partial charge in [-0.25, -0.2) is 0 Å². The molecule has 2 aliphatic heterocycles. The van der Waals surface area contributed by atoms with Gasteiger partial charge in [0.25, 0.3) is 12.4 Å². The number of rotatable bonds is 4. The van der Waals surface area contributed by atoms with E-state index in [1.54, 1.807) is 13.0 Å². The van der Waals surface area contributed by atoms with Gasteiger partial charge in [-0.15, -0.1) is 0 Å². The molecule has 172 valence electrons. The monoisotopic (exact) mass is 442 g/mol. The topological polar surface area (TPSA) is 107 Å². The second-order valence-corrected chi connectivity index (χ2v) is 8.66. The van der Waals surface area contributed by atoms with E-state index in [4.69, 9.17) is 14.4 Å². The molecule has 0 radical (unpaired) electrons. The highest BCUT2D eigenvalue weighted by molar-refractivity contribution is 5.91. The minimum atomic E-state index is -0.250. The van der Waals surface area contributed by atoms with Crippen molar-refractivity contribution >= 4 is 18.3 Å². The molecule has 2 saturated heterocycles. The Hall–Kier alpha value is -3.20. The van der Waals surface area contributed by atoms with Gasteiger partial charge in [0.1, 0.15) is 0 Å². The molecule has 3 atom stereocenters. The molecule has 0 aliphatic carbocycles. The highest BCUT2D eigenvalue weighted by atomic mass is 16.5. The van der Waals surface area contributed by atoms with E-state index in [1.807, 2.05) is 40.9 Å². The Morgan fingerprint density at radius 3 is 2.50 bits per heavy atom. The molecular weight excluding hydrogens is 412 g/mol. The van der Waals surface area contributed by atoms with Crippen LogP contribution < -0.4 is 0 Å². The Balaban J connectivity index is 0.000000913. The van der Waals surface area contributed by atoms with Crippen LogP contribution in [0.4, 0.5) is 0 Å². The standard InChI is InChI=1S/C22H28N4O3.CH2O2/c1-14-7-5-6-8-17(14)21-18-12-25(22(28)19-9-15(2)23-29-19)10-16(18)11-26(21)20(27)13-24(3)4;2-1-3/h5-9,16,18,21H,10-13H2,1-4H3;1H,(H,2,3)/t16-,18-,21+;/m1./s1. The molecule has 0 bridgehead atoms. The van der Waals surface area contributed by atoms with Gasteiger partial charge in [0, 0.05) is 37.5 Å². The van der Waals surface area contributed by atoms with Crippen LogP contribution in [0.5, 0.6) is 0 Å². The van der Waals surface area contributed by atoms with Crippen LogP contribution in [0.2, 0.25) is 0 Å². The maximum Gasteiger partial charge on any atom is 0.292 e. The largest absolute Gasteiger partial charge is 0.483 e. The predicted molar refractivity (Wildman–Crippen MR) is 117 cm³/mol. The summed E-state index contributed by atoms with van der Waals surface area (Å²) in [6.07, 6.45) is 0. The van der Waals surface area contributed by atoms with Gasteiger partial charge in [-0.1, -0.05) is 29.4 Å². The summed E-state index contributed by atoms with van der Waals surface area (Å²) in [6, 6.07) is 9.92. The number of aromatic nitrogens is 1. The van der Waals surface area contributed by atoms with Crippen LogP contribution in [0.3, 0.4) is 0 Å². The summed E-state index contributed by atoms with van der Waals surface area (Å²) in [5, 5.41) is 10.7. The van der Waals surface area contributed by atoms with Crippen molar-refractivity contribution in [1.29, 1.82) is 0 Å². The third-order valence-corrected chi connectivity index (χ3v) is 6.07. The summed E-state index contributed by atoms with van der Waals surface area (Å²) in [7, 11) is 3.83. The van der Waals surface area contributed by atoms with Crippen LogP contribution in [-0.4, -0.2) is 83.5 Å². The number of fused-ring (bicyclic) bond motifs is 1. The number of hydrogen-bond acceptors (Lipinski definition) is 6. The molecule has 2 aliphatic rings. The number of carbonyl (C=O) groups is 3. The Morgan fingerprint density at radius 2 is 1.91 bits per heavy atom. The Bertz CT molecular complexity index is 973. The van der Waals surface area contributed by atoms with Crippen LogP contribution in [0.15, 0.2) is 34.9 Å². The van der Waals surface area contributed by atoms with E-state index in [9.17, 15) is 9.59 Å². The van der Waals surface area contributed by atoms with Crippen LogP contribution in [0.25, 0.3) is 0 Å². The van der Waals surface area contributed by atoms with Crippen molar-refractivity contribution < 1.29 is 24.0 Å². The summed E-state index contributed by atoms with van der Waals surface area (Å²) in [6.45, 7) is 5.97. The molecule has 0 unspecified atom stereocenters. The Morgan fingerprint density at radius 1 is 1.22 bits per heavy atom. The van der Waals surface area contributed by atoms with Crippen molar-refractivity contribution in [2.45, 2.75) is 19.9 Å². The smallest absolute Gasteiger partial charge is 0.292 e. The van der Waals surface area contributed by atoms with Crippen molar-refractivity contribution in [1.82, 2.24) is 19.9 Å². The molecule has 2 amide bonds. The zero-order valence-electron chi connectivity index (χ0n) is 18.9. The number of benzene rings is 1. The molecule has 9 nitrogen and oxygen atoms in total. The SMILES string of the molecule is Cc1cc(C(=O)N2C[C@@H]3CN(C(=O)CN(C)C)[C@@H](c4ccccc4C)[C@@H]3C2)on1.O=CO. The normalized spacial score (nSPS) is 21.8. The highest BCUT2D eigenvalue weighted by Gasteiger charge is 2.50. The molecule has 1 N–H and O–H groups in total. The quantitative estimate of drug-likeness (QED) is 0.720. The number of amides is 2. The van der Waals surface area contributed by atoms with Crippen LogP contribution >= 0.6 is 0 Å². The van der Waals surface area contributed by atoms with Gasteiger partial charge in [0.15, 0.2) is 0 Å². The van der Waals surface area contributed by atoms with Gasteiger partial charge >= 0.3 is 0 Å². The van der Waals surface area contributed by atoms with Gasteiger partial charge in [0.2, 0.25) is 11.7 Å². The fourth-order valence-corrected chi connectivity index (χ4v) is 4.77. The number of aryl methyl sites for hydroxylation is 2. The van der Waals surface area contributed by atoms with E-state index in [1.165, 1.54) is 11.1 Å². The zero-order chi connectivity index (χ0) is 23.4. The number of likely N-dealkylation sites (tertiary alicyclic amines) is 2. The maximum absolute atomic E-state index is 13.0. The maximum atomic E-state index is 13.0. The molecular formula is C23H30N4O5. The van der Waals surface area contributed by atoms with E-state index >= 15 is 0 Å². The van der Waals surface area contributed by atoms with E-state index in [0.29, 0.717) is 31.9 Å². The van der Waals surface area contributed by atoms with Gasteiger partial charge in [-0.3, -0.25) is 14.4 Å². The predicted octanol–water partition coefficient (Wildman–Crippen LogP) is 1.83. The number of carboxylic acid groups (broad SMARTS) is 1. The molecule has 32 heavy (non-hydrogen) atoms. The minimum absolute atomic E-state index is 0.0112. The lowest BCUT2D eigenvalue weighted by Gasteiger charge is -2.31. The lowest BCUT2D eigenvalue weighted by Crippen LogP contribution is -2.41. The summed E-state index contributed by atoms with van der Waals surface area (Å²) < 4.78 is 5.18. The van der Waals surface area contributed by atoms with Gasteiger partial charge < -0.3 is 24.3 Å². The third kappa shape index (κ3) is 4.83. The van der Waals surface area contributed by atoms with Gasteiger partial charge in [-0.2, -0.15) is 0 Å². The first kappa shape index (κ1) is 23.5. The third-order valence-electron chi connectivity index (χ3n) is 6.07. The van der Waals surface area contributed by atoms with Crippen molar-refractivity contribution in [2.75, 3.05) is 40.3 Å². The number of nitrogens with zero attached hydrogens (tertiary/aromatic N) is 4. The number of hydrogen-bond donors (Lipinski definition) is 1. The molecule has 9 heteroatoms. The van der Waals surface area contributed by atoms with Crippen molar-refractivity contribution in [3.8, 4) is 0 Å². The minimum Gasteiger partial charge on any atom is -0.483 e. The summed E-state index contributed by atoms with van der Waals surface area (Å²) in [5.41, 5.74) is 3.05. The Kier molecular flexibility index (Phi) is 7.29. The molecule has 0 spiro atoms. The van der Waals surface area contributed by atoms with Crippen LogP contribution in [0, 0.1) is 25.7 Å². The zero-order valence-corrected chi connectivity index (χ0v) is 18.9. The van der Waals surface area contributed by atoms with Crippen molar-refractivity contribution in [3.05, 3.63) is 52.9 Å². The molecule has 2 fully saturated rings. The summed E-state index contributed by atoms with van der Waals surface area (Å²) >= 11 is 0. The van der Waals surface area contributed by atoms with Gasteiger partial charge in [-0.05, 0) is 39.1 Å².